The number of terminal acetylenes is 1. The average Bonchev–Trinajstić information content (AvgIpc) is 3.00. The van der Waals surface area contributed by atoms with E-state index in [1.54, 1.807) is 13.8 Å². The van der Waals surface area contributed by atoms with Crippen LogP contribution >= 0.6 is 0 Å². The van der Waals surface area contributed by atoms with Crippen LogP contribution in [-0.4, -0.2) is 23.0 Å². The highest BCUT2D eigenvalue weighted by atomic mass is 16.6. The number of allylic oxidation sites excluding steroid dienone is 2. The fourth-order valence-electron chi connectivity index (χ4n) is 7.52. The van der Waals surface area contributed by atoms with Gasteiger partial charge < -0.3 is 15.6 Å². The second kappa shape index (κ2) is 8.03. The third-order valence-electron chi connectivity index (χ3n) is 8.88. The van der Waals surface area contributed by atoms with Crippen LogP contribution in [0.3, 0.4) is 0 Å². The van der Waals surface area contributed by atoms with E-state index in [4.69, 9.17) is 16.9 Å². The van der Waals surface area contributed by atoms with Crippen LogP contribution in [0.2, 0.25) is 0 Å². The Morgan fingerprint density at radius 2 is 1.86 bits per heavy atom. The second-order valence-corrected chi connectivity index (χ2v) is 10.8. The van der Waals surface area contributed by atoms with Crippen LogP contribution in [0.5, 0.6) is 0 Å². The van der Waals surface area contributed by atoms with E-state index in [2.05, 4.69) is 25.8 Å². The third kappa shape index (κ3) is 3.82. The molecule has 0 aromatic heterocycles. The zero-order valence-corrected chi connectivity index (χ0v) is 19.5. The van der Waals surface area contributed by atoms with Gasteiger partial charge in [0.15, 0.2) is 5.79 Å². The van der Waals surface area contributed by atoms with Gasteiger partial charge in [0.05, 0.1) is 6.10 Å². The van der Waals surface area contributed by atoms with Gasteiger partial charge in [0.1, 0.15) is 0 Å². The molecule has 8 unspecified atom stereocenters. The molecule has 0 aromatic carbocycles. The van der Waals surface area contributed by atoms with Crippen LogP contribution in [-0.2, 0) is 4.74 Å². The van der Waals surface area contributed by atoms with Crippen molar-refractivity contribution in [2.75, 3.05) is 0 Å². The smallest absolute Gasteiger partial charge is 0.160 e. The maximum absolute atomic E-state index is 10.5. The van der Waals surface area contributed by atoms with E-state index in [9.17, 15) is 5.11 Å². The maximum Gasteiger partial charge on any atom is 0.160 e. The van der Waals surface area contributed by atoms with E-state index < -0.39 is 5.79 Å². The molecule has 0 aromatic rings. The van der Waals surface area contributed by atoms with Crippen LogP contribution in [0, 0.1) is 46.8 Å². The van der Waals surface area contributed by atoms with Crippen LogP contribution in [0.4, 0.5) is 0 Å². The molecule has 0 aliphatic heterocycles. The Kier molecular flexibility index (Phi) is 6.32. The van der Waals surface area contributed by atoms with Crippen LogP contribution in [0.25, 0.3) is 0 Å². The molecular weight excluding hydrogens is 358 g/mol. The minimum atomic E-state index is -1.10. The first-order valence-corrected chi connectivity index (χ1v) is 11.9. The Balaban J connectivity index is 0.00000117. The van der Waals surface area contributed by atoms with Crippen LogP contribution < -0.4 is 5.73 Å². The summed E-state index contributed by atoms with van der Waals surface area (Å²) in [5.74, 6) is 4.12. The lowest BCUT2D eigenvalue weighted by Gasteiger charge is -2.63. The van der Waals surface area contributed by atoms with Gasteiger partial charge in [0, 0.05) is 17.0 Å². The maximum atomic E-state index is 10.5. The summed E-state index contributed by atoms with van der Waals surface area (Å²) in [5, 5.41) is 10.5. The van der Waals surface area contributed by atoms with Crippen LogP contribution in [0.1, 0.15) is 86.5 Å². The summed E-state index contributed by atoms with van der Waals surface area (Å²) in [6, 6.07) is 0.317. The van der Waals surface area contributed by atoms with Crippen molar-refractivity contribution in [3.05, 3.63) is 11.6 Å². The van der Waals surface area contributed by atoms with E-state index in [0.717, 1.165) is 25.7 Å². The fraction of sp³-hybridized carbons (Fsp3) is 0.846. The van der Waals surface area contributed by atoms with Gasteiger partial charge in [-0.3, -0.25) is 0 Å². The summed E-state index contributed by atoms with van der Waals surface area (Å²) in [6.07, 6.45) is 16.2. The van der Waals surface area contributed by atoms with E-state index in [0.29, 0.717) is 35.1 Å². The molecule has 29 heavy (non-hydrogen) atoms. The van der Waals surface area contributed by atoms with Crippen molar-refractivity contribution in [1.29, 1.82) is 0 Å². The largest absolute Gasteiger partial charge is 0.366 e. The lowest BCUT2D eigenvalue weighted by Crippen LogP contribution is -2.60. The molecule has 0 spiro atoms. The van der Waals surface area contributed by atoms with Gasteiger partial charge in [0.2, 0.25) is 0 Å². The molecular formula is C26H43NO2. The van der Waals surface area contributed by atoms with Crippen molar-refractivity contribution in [3.63, 3.8) is 0 Å². The average molecular weight is 402 g/mol. The minimum absolute atomic E-state index is 0.0912. The van der Waals surface area contributed by atoms with Crippen molar-refractivity contribution >= 4 is 0 Å². The summed E-state index contributed by atoms with van der Waals surface area (Å²) in [6.45, 7) is 12.4. The van der Waals surface area contributed by atoms with E-state index in [-0.39, 0.29) is 11.5 Å². The molecule has 0 bridgehead atoms. The zero-order chi connectivity index (χ0) is 21.6. The first kappa shape index (κ1) is 22.9. The Morgan fingerprint density at radius 3 is 2.48 bits per heavy atom. The standard InChI is InChI=1S/C24H37NO2.C2H6/c1-6-15-7-8-18-21-19(10-12-23(15,18)4)24(5)11-9-17(25)13-16(24)14-20(21)27-22(2,3)26;1-2/h1,7,16-21,26H,8-14,25H2,2-5H3;1-2H3. The number of hydrogen-bond donors (Lipinski definition) is 2. The molecule has 3 fully saturated rings. The van der Waals surface area contributed by atoms with Gasteiger partial charge in [0.25, 0.3) is 0 Å². The number of ether oxygens (including phenoxy) is 1. The van der Waals surface area contributed by atoms with E-state index >= 15 is 0 Å². The molecule has 3 N–H and O–H groups in total. The predicted octanol–water partition coefficient (Wildman–Crippen LogP) is 5.28. The number of rotatable bonds is 2. The molecule has 3 nitrogen and oxygen atoms in total. The highest BCUT2D eigenvalue weighted by molar-refractivity contribution is 5.38. The second-order valence-electron chi connectivity index (χ2n) is 10.8. The summed E-state index contributed by atoms with van der Waals surface area (Å²) in [7, 11) is 0. The first-order chi connectivity index (χ1) is 13.6. The van der Waals surface area contributed by atoms with Gasteiger partial charge in [-0.2, -0.15) is 0 Å². The summed E-state index contributed by atoms with van der Waals surface area (Å²) >= 11 is 0. The Morgan fingerprint density at radius 1 is 1.17 bits per heavy atom. The van der Waals surface area contributed by atoms with Gasteiger partial charge in [-0.1, -0.05) is 39.7 Å². The molecule has 4 aliphatic rings. The quantitative estimate of drug-likeness (QED) is 0.489. The summed E-state index contributed by atoms with van der Waals surface area (Å²) < 4.78 is 6.34. The van der Waals surface area contributed by atoms with Crippen molar-refractivity contribution in [1.82, 2.24) is 0 Å². The van der Waals surface area contributed by atoms with Gasteiger partial charge in [-0.15, -0.1) is 6.42 Å². The van der Waals surface area contributed by atoms with Gasteiger partial charge in [-0.05, 0) is 87.9 Å². The number of nitrogens with two attached hydrogens (primary N) is 1. The Labute approximate surface area is 178 Å². The number of aliphatic hydroxyl groups is 1. The topological polar surface area (TPSA) is 55.5 Å². The Hall–Kier alpha value is -0.820. The molecule has 4 aliphatic carbocycles. The van der Waals surface area contributed by atoms with E-state index in [1.807, 2.05) is 13.8 Å². The van der Waals surface area contributed by atoms with Crippen molar-refractivity contribution in [3.8, 4) is 12.3 Å². The monoisotopic (exact) mass is 401 g/mol. The molecule has 3 heteroatoms. The van der Waals surface area contributed by atoms with Crippen molar-refractivity contribution in [2.24, 2.45) is 40.2 Å². The fourth-order valence-corrected chi connectivity index (χ4v) is 7.52. The summed E-state index contributed by atoms with van der Waals surface area (Å²) in [4.78, 5) is 0. The van der Waals surface area contributed by atoms with Gasteiger partial charge >= 0.3 is 0 Å². The predicted molar refractivity (Wildman–Crippen MR) is 120 cm³/mol. The van der Waals surface area contributed by atoms with Crippen molar-refractivity contribution in [2.45, 2.75) is 104 Å². The van der Waals surface area contributed by atoms with Crippen molar-refractivity contribution < 1.29 is 9.84 Å². The molecule has 4 rings (SSSR count). The number of fused-ring (bicyclic) bond motifs is 5. The number of hydrogen-bond acceptors (Lipinski definition) is 3. The minimum Gasteiger partial charge on any atom is -0.366 e. The molecule has 0 amide bonds. The van der Waals surface area contributed by atoms with E-state index in [1.165, 1.54) is 24.8 Å². The highest BCUT2D eigenvalue weighted by Gasteiger charge is 2.61. The molecule has 164 valence electrons. The molecule has 3 saturated carbocycles. The molecule has 0 radical (unpaired) electrons. The van der Waals surface area contributed by atoms with Gasteiger partial charge in [-0.25, -0.2) is 0 Å². The van der Waals surface area contributed by atoms with Crippen LogP contribution in [0.15, 0.2) is 11.6 Å². The third-order valence-corrected chi connectivity index (χ3v) is 8.88. The Bertz CT molecular complexity index is 671. The highest BCUT2D eigenvalue weighted by Crippen LogP contribution is 2.66. The first-order valence-electron chi connectivity index (χ1n) is 11.9. The normalized spacial score (nSPS) is 46.2. The molecule has 8 atom stereocenters. The molecule has 0 saturated heterocycles. The lowest BCUT2D eigenvalue weighted by molar-refractivity contribution is -0.262. The zero-order valence-electron chi connectivity index (χ0n) is 19.5. The lowest BCUT2D eigenvalue weighted by atomic mass is 9.44. The SMILES string of the molecule is C#CC1=CCC2C3C(OC(C)(C)O)CC4CC(N)CCC4(C)C3CCC12C.CC. The molecule has 0 heterocycles. The summed E-state index contributed by atoms with van der Waals surface area (Å²) in [5.41, 5.74) is 8.01.